The number of piperazine rings is 1. The molecule has 58 heavy (non-hydrogen) atoms. The van der Waals surface area contributed by atoms with Crippen molar-refractivity contribution in [2.24, 2.45) is 21.5 Å². The largest absolute Gasteiger partial charge is 0.407 e. The highest BCUT2D eigenvalue weighted by Crippen LogP contribution is 2.27. The molecule has 8 rings (SSSR count). The fourth-order valence-corrected chi connectivity index (χ4v) is 7.21. The summed E-state index contributed by atoms with van der Waals surface area (Å²) in [5.41, 5.74) is 16.8. The van der Waals surface area contributed by atoms with E-state index in [1.54, 1.807) is 24.2 Å². The zero-order chi connectivity index (χ0) is 40.2. The van der Waals surface area contributed by atoms with Crippen LogP contribution in [0.2, 0.25) is 0 Å². The van der Waals surface area contributed by atoms with Crippen LogP contribution in [0.4, 0.5) is 27.9 Å². The van der Waals surface area contributed by atoms with Gasteiger partial charge in [-0.15, -0.1) is 11.8 Å². The standard InChI is InChI=1S/C38H40FN15O3S/c1-58-30-7-4-23(34(41)57-36(43)51-38-47-27-18-32(45-20-29(27)49-38)54-12-14-55-15-13-54)16-24(30)21-52-8-10-53(11-9-52)31-17-26-28(19-44-31)48-37(46-26)50-35(42)56-33(40)22-2-5-25(39)6-3-22/h2-7,16-20,40-41H,8-15,21H2,1H3,(H3,42,46,48,50)(H3,43,47,49,51). The zero-order valence-electron chi connectivity index (χ0n) is 31.4. The van der Waals surface area contributed by atoms with Crippen LogP contribution in [-0.2, 0) is 20.8 Å². The number of ether oxygens (including phenoxy) is 3. The summed E-state index contributed by atoms with van der Waals surface area (Å²) in [5.74, 6) is 1.25. The monoisotopic (exact) mass is 805 g/mol. The lowest BCUT2D eigenvalue weighted by Gasteiger charge is -2.35. The molecule has 6 heterocycles. The van der Waals surface area contributed by atoms with Gasteiger partial charge < -0.3 is 45.4 Å². The number of thioether (sulfide) groups is 1. The summed E-state index contributed by atoms with van der Waals surface area (Å²) in [6.07, 6.45) is 5.44. The van der Waals surface area contributed by atoms with Crippen LogP contribution in [0.3, 0.4) is 0 Å². The summed E-state index contributed by atoms with van der Waals surface area (Å²) in [4.78, 5) is 40.7. The lowest BCUT2D eigenvalue weighted by atomic mass is 10.1. The fourth-order valence-electron chi connectivity index (χ4n) is 6.62. The third kappa shape index (κ3) is 8.83. The van der Waals surface area contributed by atoms with E-state index in [1.165, 1.54) is 24.3 Å². The van der Waals surface area contributed by atoms with Crippen LogP contribution < -0.4 is 21.3 Å². The molecule has 0 amide bonds. The Morgan fingerprint density at radius 3 is 1.88 bits per heavy atom. The number of imidazole rings is 2. The number of H-pyrrole nitrogens is 2. The molecule has 8 N–H and O–H groups in total. The van der Waals surface area contributed by atoms with Crippen molar-refractivity contribution < 1.29 is 18.6 Å². The molecule has 298 valence electrons. The first-order valence-electron chi connectivity index (χ1n) is 18.3. The molecule has 0 atom stereocenters. The Hall–Kier alpha value is -6.64. The number of nitrogens with one attached hydrogen (secondary N) is 4. The summed E-state index contributed by atoms with van der Waals surface area (Å²) >= 11 is 1.65. The highest BCUT2D eigenvalue weighted by atomic mass is 32.2. The number of benzene rings is 2. The number of nitrogens with two attached hydrogens (primary N) is 2. The van der Waals surface area contributed by atoms with Crippen molar-refractivity contribution in [3.05, 3.63) is 89.5 Å². The molecule has 20 heteroatoms. The Balaban J connectivity index is 0.866. The summed E-state index contributed by atoms with van der Waals surface area (Å²) in [5, 5.41) is 16.8. The molecule has 2 fully saturated rings. The minimum Gasteiger partial charge on any atom is -0.407 e. The number of aliphatic imine (C=N–C) groups is 2. The highest BCUT2D eigenvalue weighted by molar-refractivity contribution is 7.98. The quantitative estimate of drug-likeness (QED) is 0.0682. The predicted octanol–water partition coefficient (Wildman–Crippen LogP) is 4.23. The van der Waals surface area contributed by atoms with E-state index in [9.17, 15) is 4.39 Å². The Bertz CT molecular complexity index is 2530. The van der Waals surface area contributed by atoms with E-state index in [2.05, 4.69) is 54.6 Å². The van der Waals surface area contributed by atoms with Gasteiger partial charge in [0, 0.05) is 74.0 Å². The van der Waals surface area contributed by atoms with Crippen LogP contribution in [0.25, 0.3) is 22.1 Å². The average molecular weight is 806 g/mol. The molecule has 2 aliphatic rings. The summed E-state index contributed by atoms with van der Waals surface area (Å²) in [7, 11) is 0. The number of pyridine rings is 2. The van der Waals surface area contributed by atoms with Crippen molar-refractivity contribution in [2.75, 3.05) is 68.5 Å². The van der Waals surface area contributed by atoms with Crippen LogP contribution in [0.5, 0.6) is 0 Å². The van der Waals surface area contributed by atoms with E-state index in [-0.39, 0.29) is 35.7 Å². The minimum absolute atomic E-state index is 0.124. The number of fused-ring (bicyclic) bond motifs is 2. The molecule has 18 nitrogen and oxygen atoms in total. The normalized spacial score (nSPS) is 15.6. The van der Waals surface area contributed by atoms with Crippen LogP contribution in [0.1, 0.15) is 16.7 Å². The second-order valence-corrected chi connectivity index (χ2v) is 14.2. The lowest BCUT2D eigenvalue weighted by Crippen LogP contribution is -2.46. The van der Waals surface area contributed by atoms with E-state index >= 15 is 0 Å². The van der Waals surface area contributed by atoms with Crippen molar-refractivity contribution in [3.63, 3.8) is 0 Å². The third-order valence-electron chi connectivity index (χ3n) is 9.60. The van der Waals surface area contributed by atoms with Crippen LogP contribution in [-0.4, -0.2) is 117 Å². The van der Waals surface area contributed by atoms with Gasteiger partial charge >= 0.3 is 0 Å². The second kappa shape index (κ2) is 16.8. The van der Waals surface area contributed by atoms with Crippen molar-refractivity contribution in [1.29, 1.82) is 10.8 Å². The van der Waals surface area contributed by atoms with Crippen molar-refractivity contribution in [1.82, 2.24) is 34.8 Å². The Kier molecular flexibility index (Phi) is 11.1. The zero-order valence-corrected chi connectivity index (χ0v) is 32.2. The van der Waals surface area contributed by atoms with Gasteiger partial charge in [0.05, 0.1) is 47.7 Å². The Labute approximate surface area is 335 Å². The molecule has 0 radical (unpaired) electrons. The molecular formula is C38H40FN15O3S. The molecule has 0 saturated carbocycles. The number of morpholine rings is 1. The molecule has 0 bridgehead atoms. The van der Waals surface area contributed by atoms with Crippen molar-refractivity contribution in [2.45, 2.75) is 11.4 Å². The highest BCUT2D eigenvalue weighted by Gasteiger charge is 2.21. The molecule has 2 saturated heterocycles. The molecule has 0 unspecified atom stereocenters. The van der Waals surface area contributed by atoms with E-state index in [4.69, 9.17) is 36.5 Å². The summed E-state index contributed by atoms with van der Waals surface area (Å²) < 4.78 is 29.6. The number of aromatic amines is 2. The topological polar surface area (TPSA) is 245 Å². The number of halogens is 1. The fraction of sp³-hybridized carbons (Fsp3) is 0.263. The average Bonchev–Trinajstić information content (AvgIpc) is 3.83. The first kappa shape index (κ1) is 38.2. The van der Waals surface area contributed by atoms with Gasteiger partial charge in [-0.1, -0.05) is 0 Å². The SMILES string of the molecule is CSc1ccc(C(=N)O/C(N)=N/c2nc3cc(N4CCOCC4)ncc3[nH]2)cc1CN1CCN(c2cc3nc(/N=C(\N)OC(=N)c4ccc(F)cc4)[nH]c3cn2)CC1. The number of aromatic nitrogens is 6. The molecule has 4 aromatic heterocycles. The maximum Gasteiger partial charge on any atom is 0.296 e. The number of hydrogen-bond donors (Lipinski definition) is 6. The van der Waals surface area contributed by atoms with Crippen LogP contribution >= 0.6 is 11.8 Å². The molecule has 0 aliphatic carbocycles. The minimum atomic E-state index is -0.417. The summed E-state index contributed by atoms with van der Waals surface area (Å²) in [6, 6.07) is 14.4. The first-order chi connectivity index (χ1) is 28.2. The number of hydrogen-bond acceptors (Lipinski definition) is 15. The molecular weight excluding hydrogens is 766 g/mol. The third-order valence-corrected chi connectivity index (χ3v) is 10.4. The van der Waals surface area contributed by atoms with Gasteiger partial charge in [0.2, 0.25) is 23.7 Å². The van der Waals surface area contributed by atoms with E-state index in [0.29, 0.717) is 53.0 Å². The number of amidine groups is 2. The summed E-state index contributed by atoms with van der Waals surface area (Å²) in [6.45, 7) is 6.59. The first-order valence-corrected chi connectivity index (χ1v) is 19.6. The van der Waals surface area contributed by atoms with E-state index in [1.807, 2.05) is 36.6 Å². The molecule has 2 aromatic carbocycles. The van der Waals surface area contributed by atoms with Crippen LogP contribution in [0.15, 0.2) is 81.9 Å². The van der Waals surface area contributed by atoms with Gasteiger partial charge in [-0.05, 0) is 54.3 Å². The Morgan fingerprint density at radius 2 is 1.31 bits per heavy atom. The van der Waals surface area contributed by atoms with E-state index in [0.717, 1.165) is 61.4 Å². The second-order valence-electron chi connectivity index (χ2n) is 13.4. The van der Waals surface area contributed by atoms with Crippen molar-refractivity contribution in [3.8, 4) is 0 Å². The number of anilines is 2. The van der Waals surface area contributed by atoms with E-state index < -0.39 is 5.82 Å². The van der Waals surface area contributed by atoms with Crippen molar-refractivity contribution >= 4 is 81.2 Å². The maximum atomic E-state index is 13.2. The Morgan fingerprint density at radius 1 is 0.776 bits per heavy atom. The van der Waals surface area contributed by atoms with Gasteiger partial charge in [0.15, 0.2) is 0 Å². The number of nitrogens with zero attached hydrogens (tertiary/aromatic N) is 9. The smallest absolute Gasteiger partial charge is 0.296 e. The van der Waals surface area contributed by atoms with Gasteiger partial charge in [-0.3, -0.25) is 15.7 Å². The molecule has 0 spiro atoms. The number of rotatable bonds is 9. The lowest BCUT2D eigenvalue weighted by molar-refractivity contribution is 0.122. The van der Waals surface area contributed by atoms with Gasteiger partial charge in [0.25, 0.3) is 12.0 Å². The van der Waals surface area contributed by atoms with Crippen LogP contribution in [0, 0.1) is 16.6 Å². The van der Waals surface area contributed by atoms with Gasteiger partial charge in [-0.25, -0.2) is 24.3 Å². The van der Waals surface area contributed by atoms with Gasteiger partial charge in [0.1, 0.15) is 17.5 Å². The van der Waals surface area contributed by atoms with Gasteiger partial charge in [-0.2, -0.15) is 9.98 Å². The maximum absolute atomic E-state index is 13.2. The molecule has 2 aliphatic heterocycles. The molecule has 6 aromatic rings. The predicted molar refractivity (Wildman–Crippen MR) is 221 cm³/mol.